The second-order valence-corrected chi connectivity index (χ2v) is 11.0. The number of benzene rings is 4. The fourth-order valence-electron chi connectivity index (χ4n) is 4.05. The Morgan fingerprint density at radius 1 is 0.464 bits per heavy atom. The van der Waals surface area contributed by atoms with E-state index in [2.05, 4.69) is 53.4 Å². The molecule has 0 spiro atoms. The molecule has 0 N–H and O–H groups in total. The van der Waals surface area contributed by atoms with E-state index in [1.165, 1.54) is 0 Å². The van der Waals surface area contributed by atoms with E-state index in [4.69, 9.17) is 4.88 Å². The van der Waals surface area contributed by atoms with Gasteiger partial charge in [0.1, 0.15) is 0 Å². The number of nitrogens with zero attached hydrogens (tertiary/aromatic N) is 3. The van der Waals surface area contributed by atoms with Gasteiger partial charge in [-0.15, -0.1) is 0 Å². The minimum absolute atomic E-state index is 1.02. The van der Waals surface area contributed by atoms with Crippen LogP contribution in [0.25, 0.3) is 10.4 Å². The van der Waals surface area contributed by atoms with Crippen LogP contribution in [0.1, 0.15) is 0 Å². The summed E-state index contributed by atoms with van der Waals surface area (Å²) in [5.41, 5.74) is 9.90. The SMILES string of the molecule is [N-]=[N+]=NP(c1ccccc1)(c1ccccc1)(c1ccccc1)c1ccccc1. The average molecular weight is 381 g/mol. The summed E-state index contributed by atoms with van der Waals surface area (Å²) < 4.78 is 0. The van der Waals surface area contributed by atoms with Crippen molar-refractivity contribution in [1.29, 1.82) is 0 Å². The summed E-state index contributed by atoms with van der Waals surface area (Å²) in [6.45, 7) is -3.66. The van der Waals surface area contributed by atoms with Crippen LogP contribution >= 0.6 is 6.75 Å². The van der Waals surface area contributed by atoms with Crippen molar-refractivity contribution < 1.29 is 0 Å². The Kier molecular flexibility index (Phi) is 4.71. The first-order chi connectivity index (χ1) is 13.8. The van der Waals surface area contributed by atoms with Gasteiger partial charge in [-0.25, -0.2) is 0 Å². The van der Waals surface area contributed by atoms with Crippen molar-refractivity contribution in [1.82, 2.24) is 0 Å². The summed E-state index contributed by atoms with van der Waals surface area (Å²) in [4.78, 5) is 8.25. The maximum absolute atomic E-state index is 9.90. The Balaban J connectivity index is 2.34. The molecule has 0 fully saturated rings. The summed E-state index contributed by atoms with van der Waals surface area (Å²) in [6.07, 6.45) is 0. The third kappa shape index (κ3) is 2.46. The molecule has 28 heavy (non-hydrogen) atoms. The van der Waals surface area contributed by atoms with Gasteiger partial charge in [-0.05, 0) is 0 Å². The molecule has 4 aromatic rings. The predicted molar refractivity (Wildman–Crippen MR) is 120 cm³/mol. The molecular weight excluding hydrogens is 361 g/mol. The zero-order valence-corrected chi connectivity index (χ0v) is 16.2. The van der Waals surface area contributed by atoms with Crippen LogP contribution in [0.4, 0.5) is 0 Å². The zero-order chi connectivity index (χ0) is 19.3. The van der Waals surface area contributed by atoms with Gasteiger partial charge in [0, 0.05) is 0 Å². The van der Waals surface area contributed by atoms with Crippen molar-refractivity contribution >= 4 is 28.0 Å². The third-order valence-electron chi connectivity index (χ3n) is 5.25. The first kappa shape index (κ1) is 18.0. The van der Waals surface area contributed by atoms with E-state index in [0.717, 1.165) is 21.2 Å². The molecule has 136 valence electrons. The van der Waals surface area contributed by atoms with E-state index in [0.29, 0.717) is 0 Å². The molecule has 0 aromatic heterocycles. The van der Waals surface area contributed by atoms with Gasteiger partial charge in [-0.3, -0.25) is 0 Å². The monoisotopic (exact) mass is 381 g/mol. The van der Waals surface area contributed by atoms with Crippen LogP contribution in [0.5, 0.6) is 0 Å². The molecule has 0 bridgehead atoms. The van der Waals surface area contributed by atoms with Crippen molar-refractivity contribution in [3.05, 3.63) is 132 Å². The molecule has 4 heteroatoms. The molecule has 0 aliphatic carbocycles. The fourth-order valence-corrected chi connectivity index (χ4v) is 9.43. The van der Waals surface area contributed by atoms with Crippen LogP contribution in [-0.2, 0) is 0 Å². The molecule has 0 atom stereocenters. The van der Waals surface area contributed by atoms with Crippen molar-refractivity contribution in [3.8, 4) is 0 Å². The van der Waals surface area contributed by atoms with Gasteiger partial charge in [-0.1, -0.05) is 0 Å². The predicted octanol–water partition coefficient (Wildman–Crippen LogP) is 5.07. The molecule has 0 aliphatic heterocycles. The first-order valence-corrected chi connectivity index (χ1v) is 11.3. The summed E-state index contributed by atoms with van der Waals surface area (Å²) in [5, 5.41) is 4.09. The second kappa shape index (κ2) is 7.32. The van der Waals surface area contributed by atoms with E-state index >= 15 is 0 Å². The molecule has 0 heterocycles. The second-order valence-electron chi connectivity index (χ2n) is 6.59. The van der Waals surface area contributed by atoms with Gasteiger partial charge in [-0.2, -0.15) is 0 Å². The Labute approximate surface area is 164 Å². The summed E-state index contributed by atoms with van der Waals surface area (Å²) in [5.74, 6) is 0. The Hall–Kier alpha value is -3.38. The van der Waals surface area contributed by atoms with Crippen LogP contribution in [0, 0.1) is 0 Å². The van der Waals surface area contributed by atoms with Gasteiger partial charge < -0.3 is 0 Å². The molecule has 0 unspecified atom stereocenters. The van der Waals surface area contributed by atoms with Crippen LogP contribution in [0.3, 0.4) is 0 Å². The maximum atomic E-state index is 9.90. The van der Waals surface area contributed by atoms with Gasteiger partial charge in [0.15, 0.2) is 0 Å². The topological polar surface area (TPSA) is 48.8 Å². The molecule has 4 rings (SSSR count). The summed E-state index contributed by atoms with van der Waals surface area (Å²) >= 11 is 0. The van der Waals surface area contributed by atoms with E-state index in [1.54, 1.807) is 0 Å². The quantitative estimate of drug-likeness (QED) is 0.201. The van der Waals surface area contributed by atoms with Gasteiger partial charge in [0.2, 0.25) is 0 Å². The van der Waals surface area contributed by atoms with E-state index in [1.807, 2.05) is 72.8 Å². The minimum atomic E-state index is -3.66. The standard InChI is InChI=1S/C24H20N3P/c25-26-27-28(21-13-5-1-6-14-21,22-15-7-2-8-16-22,23-17-9-3-10-18-23)24-19-11-4-12-20-24/h1-20H. The zero-order valence-electron chi connectivity index (χ0n) is 15.3. The number of hydrogen-bond acceptors (Lipinski definition) is 1. The fraction of sp³-hybridized carbons (Fsp3) is 0. The van der Waals surface area contributed by atoms with Crippen LogP contribution in [-0.4, -0.2) is 0 Å². The Morgan fingerprint density at radius 3 is 0.929 bits per heavy atom. The van der Waals surface area contributed by atoms with Crippen LogP contribution in [0.2, 0.25) is 0 Å². The van der Waals surface area contributed by atoms with Crippen molar-refractivity contribution in [2.45, 2.75) is 0 Å². The number of hydrogen-bond donors (Lipinski definition) is 0. The summed E-state index contributed by atoms with van der Waals surface area (Å²) in [7, 11) is 0. The number of rotatable bonds is 5. The molecule has 0 saturated carbocycles. The Bertz CT molecular complexity index is 938. The molecular formula is C24H20N3P. The molecule has 0 radical (unpaired) electrons. The van der Waals surface area contributed by atoms with Crippen LogP contribution in [0.15, 0.2) is 126 Å². The van der Waals surface area contributed by atoms with Crippen molar-refractivity contribution in [3.63, 3.8) is 0 Å². The molecule has 0 amide bonds. The molecule has 3 nitrogen and oxygen atoms in total. The van der Waals surface area contributed by atoms with Crippen molar-refractivity contribution in [2.24, 2.45) is 4.88 Å². The third-order valence-corrected chi connectivity index (χ3v) is 10.9. The molecule has 0 aliphatic rings. The average Bonchev–Trinajstić information content (AvgIpc) is 2.80. The summed E-state index contributed by atoms with van der Waals surface area (Å²) in [6, 6.07) is 40.7. The number of azide groups is 1. The van der Waals surface area contributed by atoms with Crippen LogP contribution < -0.4 is 21.2 Å². The molecule has 4 aromatic carbocycles. The van der Waals surface area contributed by atoms with E-state index < -0.39 is 6.75 Å². The van der Waals surface area contributed by atoms with E-state index in [-0.39, 0.29) is 0 Å². The Morgan fingerprint density at radius 2 is 0.714 bits per heavy atom. The normalized spacial score (nSPS) is 12.4. The van der Waals surface area contributed by atoms with Gasteiger partial charge in [0.25, 0.3) is 0 Å². The van der Waals surface area contributed by atoms with Gasteiger partial charge in [0.05, 0.1) is 0 Å². The van der Waals surface area contributed by atoms with Gasteiger partial charge >= 0.3 is 165 Å². The first-order valence-electron chi connectivity index (χ1n) is 9.14. The molecule has 0 saturated heterocycles. The van der Waals surface area contributed by atoms with E-state index in [9.17, 15) is 5.53 Å². The van der Waals surface area contributed by atoms with Crippen molar-refractivity contribution in [2.75, 3.05) is 0 Å².